The molecule has 3 rings (SSSR count). The number of sulfonamides is 1. The van der Waals surface area contributed by atoms with Crippen molar-refractivity contribution in [3.8, 4) is 0 Å². The summed E-state index contributed by atoms with van der Waals surface area (Å²) < 4.78 is 133. The SMILES string of the molecule is [2H]c1c(C([2H])([2H])[2H])cc(C([2H])([2H])[2H])c(NC(=O)c2sccc2S(=O)(=O)Nc2onc(C([2H])([2H])[2H])c2C([2H])([2H])[2H])c1C(C)=O. The van der Waals surface area contributed by atoms with E-state index in [9.17, 15) is 18.0 Å². The highest BCUT2D eigenvalue weighted by Crippen LogP contribution is 2.29. The van der Waals surface area contributed by atoms with Crippen LogP contribution in [0.5, 0.6) is 0 Å². The number of ketones is 1. The molecular formula is C20H21N3O5S2. The summed E-state index contributed by atoms with van der Waals surface area (Å²) in [6.45, 7) is -11.5. The number of anilines is 2. The molecule has 1 aromatic carbocycles. The van der Waals surface area contributed by atoms with Gasteiger partial charge in [0.05, 0.1) is 12.8 Å². The molecule has 2 aromatic heterocycles. The standard InChI is InChI=1S/C20H21N3O5S2/c1-10-8-11(2)17(15(9-10)14(5)24)21-19(25)18-16(6-7-29-18)30(26,27)23-20-12(3)13(4)22-28-20/h6-9,23H,1-5H3,(H,21,25)/i1D3,2D3,3D3,4D3,9D. The number of benzene rings is 1. The van der Waals surface area contributed by atoms with Crippen LogP contribution in [0.2, 0.25) is 0 Å². The van der Waals surface area contributed by atoms with Crippen molar-refractivity contribution in [3.05, 3.63) is 56.4 Å². The summed E-state index contributed by atoms with van der Waals surface area (Å²) in [6, 6.07) is 0.687. The van der Waals surface area contributed by atoms with E-state index in [0.717, 1.165) is 18.4 Å². The molecule has 0 fully saturated rings. The number of aryl methyl sites for hydroxylation is 3. The van der Waals surface area contributed by atoms with Gasteiger partial charge in [-0.15, -0.1) is 11.3 Å². The number of carbonyl (C=O) groups is 2. The highest BCUT2D eigenvalue weighted by atomic mass is 32.2. The van der Waals surface area contributed by atoms with Crippen LogP contribution in [0.25, 0.3) is 0 Å². The van der Waals surface area contributed by atoms with Crippen LogP contribution in [0.3, 0.4) is 0 Å². The zero-order valence-electron chi connectivity index (χ0n) is 28.0. The topological polar surface area (TPSA) is 118 Å². The van der Waals surface area contributed by atoms with Gasteiger partial charge in [0.15, 0.2) is 5.78 Å². The Bertz CT molecular complexity index is 1700. The van der Waals surface area contributed by atoms with Gasteiger partial charge in [-0.1, -0.05) is 11.2 Å². The Morgan fingerprint density at radius 3 is 2.77 bits per heavy atom. The van der Waals surface area contributed by atoms with Gasteiger partial charge in [0.2, 0.25) is 5.88 Å². The Kier molecular flexibility index (Phi) is 2.78. The minimum atomic E-state index is -4.91. The molecule has 30 heavy (non-hydrogen) atoms. The van der Waals surface area contributed by atoms with E-state index in [1.165, 1.54) is 0 Å². The molecule has 0 saturated heterocycles. The van der Waals surface area contributed by atoms with Gasteiger partial charge >= 0.3 is 0 Å². The highest BCUT2D eigenvalue weighted by Gasteiger charge is 2.27. The highest BCUT2D eigenvalue weighted by molar-refractivity contribution is 7.93. The molecule has 10 heteroatoms. The van der Waals surface area contributed by atoms with Crippen molar-refractivity contribution < 1.29 is 40.3 Å². The van der Waals surface area contributed by atoms with Gasteiger partial charge in [-0.2, -0.15) is 0 Å². The summed E-state index contributed by atoms with van der Waals surface area (Å²) in [6.07, 6.45) is 0. The maximum atomic E-state index is 13.3. The van der Waals surface area contributed by atoms with E-state index >= 15 is 0 Å². The molecule has 2 N–H and O–H groups in total. The molecule has 0 aliphatic rings. The summed E-state index contributed by atoms with van der Waals surface area (Å²) in [4.78, 5) is 24.4. The monoisotopic (exact) mass is 460 g/mol. The Labute approximate surface area is 196 Å². The van der Waals surface area contributed by atoms with Crippen LogP contribution in [0, 0.1) is 27.4 Å². The summed E-state index contributed by atoms with van der Waals surface area (Å²) in [5, 5.41) is 6.43. The molecule has 0 aliphatic carbocycles. The molecule has 158 valence electrons. The summed E-state index contributed by atoms with van der Waals surface area (Å²) >= 11 is 0.532. The Balaban J connectivity index is 2.14. The Hall–Kier alpha value is -2.98. The first-order valence-electron chi connectivity index (χ1n) is 14.4. The largest absolute Gasteiger partial charge is 0.337 e. The fourth-order valence-corrected chi connectivity index (χ4v) is 4.68. The smallest absolute Gasteiger partial charge is 0.267 e. The second kappa shape index (κ2) is 8.04. The molecule has 2 heterocycles. The fraction of sp³-hybridized carbons (Fsp3) is 0.250. The lowest BCUT2D eigenvalue weighted by atomic mass is 10.0. The first kappa shape index (κ1) is 10.4. The van der Waals surface area contributed by atoms with E-state index in [2.05, 4.69) is 10.5 Å². The average molecular weight is 461 g/mol. The van der Waals surface area contributed by atoms with Gasteiger partial charge in [-0.05, 0) is 62.9 Å². The number of nitrogens with one attached hydrogen (secondary N) is 2. The molecule has 0 atom stereocenters. The van der Waals surface area contributed by atoms with Crippen molar-refractivity contribution in [2.75, 3.05) is 10.0 Å². The van der Waals surface area contributed by atoms with Gasteiger partial charge in [0.1, 0.15) is 9.77 Å². The number of nitrogens with zero attached hydrogens (tertiary/aromatic N) is 1. The third kappa shape index (κ3) is 4.14. The van der Waals surface area contributed by atoms with Crippen LogP contribution in [-0.2, 0) is 10.0 Å². The van der Waals surface area contributed by atoms with Crippen molar-refractivity contribution in [1.29, 1.82) is 0 Å². The average Bonchev–Trinajstić information content (AvgIpc) is 3.44. The van der Waals surface area contributed by atoms with Gasteiger partial charge in [-0.25, -0.2) is 13.1 Å². The van der Waals surface area contributed by atoms with Crippen molar-refractivity contribution >= 4 is 44.6 Å². The lowest BCUT2D eigenvalue weighted by Gasteiger charge is -2.14. The van der Waals surface area contributed by atoms with E-state index in [4.69, 9.17) is 22.3 Å². The minimum Gasteiger partial charge on any atom is -0.337 e. The maximum absolute atomic E-state index is 13.3. The molecule has 0 unspecified atom stereocenters. The minimum absolute atomic E-state index is 0.532. The normalized spacial score (nSPS) is 19.4. The number of hydrogen-bond acceptors (Lipinski definition) is 7. The number of rotatable bonds is 6. The Morgan fingerprint density at radius 1 is 1.27 bits per heavy atom. The fourth-order valence-electron chi connectivity index (χ4n) is 2.36. The van der Waals surface area contributed by atoms with Crippen molar-refractivity contribution in [1.82, 2.24) is 5.16 Å². The first-order chi connectivity index (χ1) is 19.3. The number of Topliss-reactive ketones (excluding diaryl/α,β-unsaturated/α-hetero) is 1. The zero-order chi connectivity index (χ0) is 33.1. The summed E-state index contributed by atoms with van der Waals surface area (Å²) in [5.41, 5.74) is -5.10. The quantitative estimate of drug-likeness (QED) is 0.532. The summed E-state index contributed by atoms with van der Waals surface area (Å²) in [7, 11) is -4.91. The zero-order valence-corrected chi connectivity index (χ0v) is 16.7. The maximum Gasteiger partial charge on any atom is 0.267 e. The van der Waals surface area contributed by atoms with Crippen molar-refractivity contribution in [3.63, 3.8) is 0 Å². The number of thiophene rings is 1. The molecule has 0 radical (unpaired) electrons. The number of carbonyl (C=O) groups excluding carboxylic acids is 2. The molecule has 8 nitrogen and oxygen atoms in total. The lowest BCUT2D eigenvalue weighted by molar-refractivity contribution is 0.101. The molecule has 0 saturated carbocycles. The van der Waals surface area contributed by atoms with Crippen LogP contribution >= 0.6 is 11.3 Å². The van der Waals surface area contributed by atoms with Gasteiger partial charge in [0, 0.05) is 27.6 Å². The van der Waals surface area contributed by atoms with Gasteiger partial charge in [0.25, 0.3) is 15.9 Å². The molecule has 0 bridgehead atoms. The summed E-state index contributed by atoms with van der Waals surface area (Å²) in [5.74, 6) is -3.31. The van der Waals surface area contributed by atoms with E-state index in [-0.39, 0.29) is 0 Å². The van der Waals surface area contributed by atoms with E-state index in [0.29, 0.717) is 17.4 Å². The van der Waals surface area contributed by atoms with Gasteiger partial charge < -0.3 is 9.84 Å². The molecular weight excluding hydrogens is 426 g/mol. The van der Waals surface area contributed by atoms with Crippen LogP contribution in [0.15, 0.2) is 33.0 Å². The lowest BCUT2D eigenvalue weighted by Crippen LogP contribution is -2.20. The van der Waals surface area contributed by atoms with E-state index < -0.39 is 104 Å². The number of aromatic nitrogens is 1. The predicted octanol–water partition coefficient (Wildman–Crippen LogP) is 4.23. The van der Waals surface area contributed by atoms with Crippen molar-refractivity contribution in [2.24, 2.45) is 0 Å². The number of amides is 1. The van der Waals surface area contributed by atoms with Crippen molar-refractivity contribution in [2.45, 2.75) is 39.2 Å². The van der Waals surface area contributed by atoms with Gasteiger partial charge in [-0.3, -0.25) is 9.59 Å². The third-order valence-corrected chi connectivity index (χ3v) is 6.12. The van der Waals surface area contributed by atoms with Crippen LogP contribution < -0.4 is 10.0 Å². The molecule has 0 spiro atoms. The second-order valence-electron chi connectivity index (χ2n) is 5.81. The van der Waals surface area contributed by atoms with Crippen LogP contribution in [-0.4, -0.2) is 25.3 Å². The van der Waals surface area contributed by atoms with E-state index in [1.807, 2.05) is 0 Å². The number of hydrogen-bond donors (Lipinski definition) is 2. The Morgan fingerprint density at radius 2 is 2.10 bits per heavy atom. The van der Waals surface area contributed by atoms with Crippen LogP contribution in [0.4, 0.5) is 11.6 Å². The molecule has 1 amide bonds. The molecule has 3 aromatic rings. The first-order valence-corrected chi connectivity index (χ1v) is 10.3. The molecule has 0 aliphatic heterocycles. The second-order valence-corrected chi connectivity index (χ2v) is 8.38. The van der Waals surface area contributed by atoms with Crippen LogP contribution in [0.1, 0.15) is 67.2 Å². The predicted molar refractivity (Wildman–Crippen MR) is 115 cm³/mol. The van der Waals surface area contributed by atoms with E-state index in [1.54, 1.807) is 4.72 Å². The third-order valence-electron chi connectivity index (χ3n) is 3.70.